The van der Waals surface area contributed by atoms with E-state index in [1.54, 1.807) is 0 Å². The highest BCUT2D eigenvalue weighted by molar-refractivity contribution is 5.63. The van der Waals surface area contributed by atoms with Crippen LogP contribution in [0.4, 0.5) is 0 Å². The number of carbonyl (C=O) groups is 1. The normalized spacial score (nSPS) is 9.87. The molecule has 0 bridgehead atoms. The maximum atomic E-state index is 10.1. The zero-order valence-corrected chi connectivity index (χ0v) is 8.65. The van der Waals surface area contributed by atoms with E-state index in [9.17, 15) is 9.90 Å². The molecule has 0 aliphatic heterocycles. The number of rotatable bonds is 7. The van der Waals surface area contributed by atoms with Crippen molar-refractivity contribution in [1.29, 1.82) is 0 Å². The van der Waals surface area contributed by atoms with Crippen molar-refractivity contribution in [3.8, 4) is 5.75 Å². The van der Waals surface area contributed by atoms with Gasteiger partial charge in [-0.15, -0.1) is 0 Å². The monoisotopic (exact) mass is 207 g/mol. The molecule has 1 aromatic rings. The number of unbranched alkanes of at least 4 members (excludes halogenated alkanes) is 2. The molecule has 0 aliphatic carbocycles. The van der Waals surface area contributed by atoms with Crippen molar-refractivity contribution in [3.05, 3.63) is 30.3 Å². The van der Waals surface area contributed by atoms with Gasteiger partial charge in [0.15, 0.2) is 0 Å². The molecule has 15 heavy (non-hydrogen) atoms. The maximum absolute atomic E-state index is 10.1. The van der Waals surface area contributed by atoms with Crippen molar-refractivity contribution >= 4 is 5.97 Å². The first kappa shape index (κ1) is 11.6. The molecule has 0 fully saturated rings. The zero-order valence-electron chi connectivity index (χ0n) is 8.65. The summed E-state index contributed by atoms with van der Waals surface area (Å²) in [6.07, 6.45) is 2.55. The van der Waals surface area contributed by atoms with Gasteiger partial charge in [0.1, 0.15) is 5.75 Å². The quantitative estimate of drug-likeness (QED) is 0.634. The number of hydrogen-bond acceptors (Lipinski definition) is 3. The van der Waals surface area contributed by atoms with Gasteiger partial charge in [-0.05, 0) is 37.8 Å². The fraction of sp³-hybridized carbons (Fsp3) is 0.417. The van der Waals surface area contributed by atoms with Crippen LogP contribution in [-0.2, 0) is 4.79 Å². The van der Waals surface area contributed by atoms with Gasteiger partial charge in [0.2, 0.25) is 0 Å². The third-order valence-electron chi connectivity index (χ3n) is 2.04. The van der Waals surface area contributed by atoms with Crippen molar-refractivity contribution in [3.63, 3.8) is 0 Å². The molecular weight excluding hydrogens is 192 g/mol. The standard InChI is InChI=1S/C12H16O3/c13-12(14)9-5-2-6-10-15-11-7-3-1-4-8-11/h1,3-4,7-8H,2,5-6,9-10H2,(H,13,14)/p-1. The zero-order chi connectivity index (χ0) is 10.9. The molecule has 82 valence electrons. The third-order valence-corrected chi connectivity index (χ3v) is 2.04. The molecule has 0 amide bonds. The second-order valence-corrected chi connectivity index (χ2v) is 3.34. The molecule has 3 nitrogen and oxygen atoms in total. The number of benzene rings is 1. The molecule has 0 saturated heterocycles. The van der Waals surface area contributed by atoms with Crippen molar-refractivity contribution in [2.45, 2.75) is 25.7 Å². The Morgan fingerprint density at radius 3 is 2.53 bits per heavy atom. The summed E-state index contributed by atoms with van der Waals surface area (Å²) in [5, 5.41) is 10.1. The molecular formula is C12H15O3-. The Kier molecular flexibility index (Phi) is 5.30. The smallest absolute Gasteiger partial charge is 0.119 e. The van der Waals surface area contributed by atoms with Gasteiger partial charge in [0.05, 0.1) is 6.61 Å². The van der Waals surface area contributed by atoms with E-state index in [2.05, 4.69) is 0 Å². The van der Waals surface area contributed by atoms with Gasteiger partial charge in [-0.1, -0.05) is 18.2 Å². The predicted octanol–water partition coefficient (Wildman–Crippen LogP) is 1.38. The van der Waals surface area contributed by atoms with E-state index in [0.29, 0.717) is 13.0 Å². The Bertz CT molecular complexity index is 282. The summed E-state index contributed by atoms with van der Waals surface area (Å²) in [7, 11) is 0. The van der Waals surface area contributed by atoms with Crippen LogP contribution in [0, 0.1) is 0 Å². The summed E-state index contributed by atoms with van der Waals surface area (Å²) < 4.78 is 5.45. The summed E-state index contributed by atoms with van der Waals surface area (Å²) >= 11 is 0. The lowest BCUT2D eigenvalue weighted by Crippen LogP contribution is -2.21. The van der Waals surface area contributed by atoms with Crippen LogP contribution in [0.2, 0.25) is 0 Å². The van der Waals surface area contributed by atoms with Gasteiger partial charge in [-0.3, -0.25) is 0 Å². The third kappa shape index (κ3) is 5.73. The molecule has 0 aliphatic rings. The Morgan fingerprint density at radius 2 is 1.87 bits per heavy atom. The summed E-state index contributed by atoms with van der Waals surface area (Å²) in [6, 6.07) is 9.59. The molecule has 3 heteroatoms. The van der Waals surface area contributed by atoms with Crippen LogP contribution >= 0.6 is 0 Å². The lowest BCUT2D eigenvalue weighted by atomic mass is 10.2. The Balaban J connectivity index is 2.00. The van der Waals surface area contributed by atoms with E-state index in [4.69, 9.17) is 4.74 Å². The van der Waals surface area contributed by atoms with Crippen LogP contribution in [0.15, 0.2) is 30.3 Å². The first-order chi connectivity index (χ1) is 7.29. The number of carboxylic acids is 1. The number of hydrogen-bond donors (Lipinski definition) is 0. The first-order valence-electron chi connectivity index (χ1n) is 5.17. The summed E-state index contributed by atoms with van der Waals surface area (Å²) in [4.78, 5) is 10.1. The molecule has 0 heterocycles. The summed E-state index contributed by atoms with van der Waals surface area (Å²) in [5.74, 6) is -0.114. The molecule has 0 unspecified atom stereocenters. The molecule has 0 atom stereocenters. The fourth-order valence-corrected chi connectivity index (χ4v) is 1.25. The van der Waals surface area contributed by atoms with Crippen molar-refractivity contribution in [2.75, 3.05) is 6.61 Å². The van der Waals surface area contributed by atoms with Crippen LogP contribution in [0.3, 0.4) is 0 Å². The van der Waals surface area contributed by atoms with E-state index in [0.717, 1.165) is 18.6 Å². The maximum Gasteiger partial charge on any atom is 0.119 e. The number of carboxylic acid groups (broad SMARTS) is 1. The van der Waals surface area contributed by atoms with Crippen LogP contribution in [0.1, 0.15) is 25.7 Å². The van der Waals surface area contributed by atoms with Crippen molar-refractivity contribution in [2.24, 2.45) is 0 Å². The molecule has 0 spiro atoms. The van der Waals surface area contributed by atoms with Crippen LogP contribution in [0.5, 0.6) is 5.75 Å². The van der Waals surface area contributed by atoms with Crippen LogP contribution in [-0.4, -0.2) is 12.6 Å². The highest BCUT2D eigenvalue weighted by Crippen LogP contribution is 2.09. The molecule has 1 aromatic carbocycles. The molecule has 0 aromatic heterocycles. The number of ether oxygens (including phenoxy) is 1. The van der Waals surface area contributed by atoms with Gasteiger partial charge in [-0.2, -0.15) is 0 Å². The highest BCUT2D eigenvalue weighted by Gasteiger charge is 1.92. The average molecular weight is 207 g/mol. The topological polar surface area (TPSA) is 49.4 Å². The Hall–Kier alpha value is -1.51. The van der Waals surface area contributed by atoms with E-state index in [-0.39, 0.29) is 6.42 Å². The lowest BCUT2D eigenvalue weighted by molar-refractivity contribution is -0.305. The van der Waals surface area contributed by atoms with E-state index in [1.807, 2.05) is 30.3 Å². The van der Waals surface area contributed by atoms with Gasteiger partial charge in [-0.25, -0.2) is 0 Å². The largest absolute Gasteiger partial charge is 0.550 e. The second kappa shape index (κ2) is 6.87. The summed E-state index contributed by atoms with van der Waals surface area (Å²) in [6.45, 7) is 0.636. The fourth-order valence-electron chi connectivity index (χ4n) is 1.25. The first-order valence-corrected chi connectivity index (χ1v) is 5.17. The Labute approximate surface area is 89.7 Å². The van der Waals surface area contributed by atoms with Crippen molar-refractivity contribution in [1.82, 2.24) is 0 Å². The van der Waals surface area contributed by atoms with Gasteiger partial charge >= 0.3 is 0 Å². The minimum absolute atomic E-state index is 0.144. The molecule has 0 saturated carbocycles. The van der Waals surface area contributed by atoms with Gasteiger partial charge in [0.25, 0.3) is 0 Å². The number of aliphatic carboxylic acids is 1. The van der Waals surface area contributed by atoms with Crippen LogP contribution in [0.25, 0.3) is 0 Å². The van der Waals surface area contributed by atoms with E-state index < -0.39 is 5.97 Å². The second-order valence-electron chi connectivity index (χ2n) is 3.34. The van der Waals surface area contributed by atoms with Gasteiger partial charge < -0.3 is 14.6 Å². The van der Waals surface area contributed by atoms with Crippen molar-refractivity contribution < 1.29 is 14.6 Å². The van der Waals surface area contributed by atoms with Gasteiger partial charge in [0, 0.05) is 5.97 Å². The number of carbonyl (C=O) groups excluding carboxylic acids is 1. The minimum atomic E-state index is -0.973. The average Bonchev–Trinajstić information content (AvgIpc) is 2.24. The summed E-state index contributed by atoms with van der Waals surface area (Å²) in [5.41, 5.74) is 0. The molecule has 1 rings (SSSR count). The Morgan fingerprint density at radius 1 is 1.13 bits per heavy atom. The van der Waals surface area contributed by atoms with E-state index >= 15 is 0 Å². The molecule has 0 N–H and O–H groups in total. The highest BCUT2D eigenvalue weighted by atomic mass is 16.5. The van der Waals surface area contributed by atoms with E-state index in [1.165, 1.54) is 0 Å². The number of para-hydroxylation sites is 1. The lowest BCUT2D eigenvalue weighted by Gasteiger charge is -2.05. The van der Waals surface area contributed by atoms with Crippen LogP contribution < -0.4 is 9.84 Å². The predicted molar refractivity (Wildman–Crippen MR) is 55.4 cm³/mol. The SMILES string of the molecule is O=C([O-])CCCCCOc1ccccc1. The minimum Gasteiger partial charge on any atom is -0.550 e. The molecule has 0 radical (unpaired) electrons.